The van der Waals surface area contributed by atoms with Crippen molar-refractivity contribution in [2.24, 2.45) is 11.8 Å². The first-order chi connectivity index (χ1) is 5.57. The molecule has 0 aliphatic carbocycles. The monoisotopic (exact) mass is 178 g/mol. The highest BCUT2D eigenvalue weighted by atomic mass is 16.7. The van der Waals surface area contributed by atoms with Crippen LogP contribution in [0.5, 0.6) is 0 Å². The Kier molecular flexibility index (Phi) is 3.03. The van der Waals surface area contributed by atoms with Crippen molar-refractivity contribution in [1.82, 2.24) is 0 Å². The first kappa shape index (κ1) is 9.88. The third-order valence-electron chi connectivity index (χ3n) is 2.28. The molecular weight excluding hydrogens is 164 g/mol. The Bertz CT molecular complexity index is 151. The van der Waals surface area contributed by atoms with Crippen LogP contribution in [0.25, 0.3) is 0 Å². The van der Waals surface area contributed by atoms with E-state index in [0.717, 1.165) is 0 Å². The lowest BCUT2D eigenvalue weighted by Crippen LogP contribution is -2.51. The molecule has 5 atom stereocenters. The molecule has 72 valence electrons. The fourth-order valence-corrected chi connectivity index (χ4v) is 1.29. The molecule has 12 heavy (non-hydrogen) atoms. The van der Waals surface area contributed by atoms with Crippen LogP contribution in [0.1, 0.15) is 6.92 Å². The van der Waals surface area contributed by atoms with E-state index in [1.54, 1.807) is 6.92 Å². The molecule has 1 fully saturated rings. The second-order valence-electron chi connectivity index (χ2n) is 3.11. The molecule has 1 aliphatic rings. The van der Waals surface area contributed by atoms with E-state index in [1.165, 1.54) is 0 Å². The lowest BCUT2D eigenvalue weighted by Gasteiger charge is -2.38. The summed E-state index contributed by atoms with van der Waals surface area (Å²) in [4.78, 5) is 0. The Morgan fingerprint density at radius 2 is 1.75 bits per heavy atom. The Morgan fingerprint density at radius 3 is 2.25 bits per heavy atom. The van der Waals surface area contributed by atoms with E-state index < -0.39 is 30.5 Å². The van der Waals surface area contributed by atoms with Crippen molar-refractivity contribution in [3.05, 3.63) is 0 Å². The van der Waals surface area contributed by atoms with Gasteiger partial charge >= 0.3 is 0 Å². The molecule has 0 saturated carbocycles. The zero-order valence-corrected chi connectivity index (χ0v) is 6.79. The summed E-state index contributed by atoms with van der Waals surface area (Å²) in [5.41, 5.74) is 0. The quantitative estimate of drug-likeness (QED) is 0.382. The van der Waals surface area contributed by atoms with Crippen LogP contribution in [0, 0.1) is 11.8 Å². The highest BCUT2D eigenvalue weighted by molar-refractivity contribution is 4.81. The number of ether oxygens (including phenoxy) is 1. The van der Waals surface area contributed by atoms with Crippen LogP contribution >= 0.6 is 0 Å². The maximum atomic E-state index is 9.42. The highest BCUT2D eigenvalue weighted by Gasteiger charge is 2.40. The van der Waals surface area contributed by atoms with Crippen LogP contribution in [-0.4, -0.2) is 45.7 Å². The molecule has 5 unspecified atom stereocenters. The molecular formula is C7H14O5. The Hall–Kier alpha value is -0.200. The molecule has 0 amide bonds. The van der Waals surface area contributed by atoms with Crippen molar-refractivity contribution in [3.63, 3.8) is 0 Å². The van der Waals surface area contributed by atoms with Crippen LogP contribution in [0.3, 0.4) is 0 Å². The smallest absolute Gasteiger partial charge is 0.165 e. The summed E-state index contributed by atoms with van der Waals surface area (Å²) in [6, 6.07) is 0. The van der Waals surface area contributed by atoms with Gasteiger partial charge in [-0.05, 0) is 0 Å². The zero-order valence-electron chi connectivity index (χ0n) is 6.79. The van der Waals surface area contributed by atoms with Gasteiger partial charge < -0.3 is 25.2 Å². The number of rotatable bonds is 1. The second kappa shape index (κ2) is 3.68. The van der Waals surface area contributed by atoms with Gasteiger partial charge in [-0.3, -0.25) is 0 Å². The molecule has 1 heterocycles. The average molecular weight is 178 g/mol. The molecule has 0 radical (unpaired) electrons. The van der Waals surface area contributed by atoms with Gasteiger partial charge in [-0.15, -0.1) is 0 Å². The van der Waals surface area contributed by atoms with Crippen LogP contribution < -0.4 is 0 Å². The molecule has 0 aromatic carbocycles. The summed E-state index contributed by atoms with van der Waals surface area (Å²) >= 11 is 0. The van der Waals surface area contributed by atoms with Crippen molar-refractivity contribution in [3.8, 4) is 0 Å². The topological polar surface area (TPSA) is 90.2 Å². The normalized spacial score (nSPS) is 49.2. The van der Waals surface area contributed by atoms with E-state index in [2.05, 4.69) is 4.74 Å². The predicted molar refractivity (Wildman–Crippen MR) is 38.8 cm³/mol. The van der Waals surface area contributed by atoms with Gasteiger partial charge in [0.05, 0.1) is 18.6 Å². The van der Waals surface area contributed by atoms with Crippen molar-refractivity contribution >= 4 is 0 Å². The van der Waals surface area contributed by atoms with Gasteiger partial charge in [0.1, 0.15) is 0 Å². The number of hydrogen-bond donors (Lipinski definition) is 4. The predicted octanol–water partition coefficient (Wildman–Crippen LogP) is -1.74. The summed E-state index contributed by atoms with van der Waals surface area (Å²) in [7, 11) is 0. The largest absolute Gasteiger partial charge is 0.396 e. The average Bonchev–Trinajstić information content (AvgIpc) is 2.01. The van der Waals surface area contributed by atoms with Crippen molar-refractivity contribution in [1.29, 1.82) is 0 Å². The fourth-order valence-electron chi connectivity index (χ4n) is 1.29. The highest BCUT2D eigenvalue weighted by Crippen LogP contribution is 2.27. The fraction of sp³-hybridized carbons (Fsp3) is 1.00. The van der Waals surface area contributed by atoms with E-state index >= 15 is 0 Å². The Morgan fingerprint density at radius 1 is 1.17 bits per heavy atom. The van der Waals surface area contributed by atoms with Crippen LogP contribution in [0.15, 0.2) is 0 Å². The molecule has 5 nitrogen and oxygen atoms in total. The molecule has 1 aliphatic heterocycles. The molecule has 0 aromatic rings. The Balaban J connectivity index is 2.65. The van der Waals surface area contributed by atoms with E-state index in [9.17, 15) is 5.11 Å². The van der Waals surface area contributed by atoms with E-state index in [4.69, 9.17) is 15.3 Å². The van der Waals surface area contributed by atoms with E-state index in [-0.39, 0.29) is 6.61 Å². The molecule has 0 spiro atoms. The lowest BCUT2D eigenvalue weighted by molar-refractivity contribution is -0.304. The van der Waals surface area contributed by atoms with Gasteiger partial charge in [-0.1, -0.05) is 6.92 Å². The third kappa shape index (κ3) is 1.60. The minimum atomic E-state index is -1.30. The van der Waals surface area contributed by atoms with E-state index in [1.807, 2.05) is 0 Å². The molecule has 1 saturated heterocycles. The minimum Gasteiger partial charge on any atom is -0.396 e. The number of aliphatic hydroxyl groups is 4. The molecule has 1 rings (SSSR count). The summed E-state index contributed by atoms with van der Waals surface area (Å²) in [5, 5.41) is 36.4. The molecule has 0 bridgehead atoms. The first-order valence-corrected chi connectivity index (χ1v) is 3.88. The van der Waals surface area contributed by atoms with Gasteiger partial charge in [-0.25, -0.2) is 0 Å². The molecule has 4 N–H and O–H groups in total. The maximum absolute atomic E-state index is 9.42. The summed E-state index contributed by atoms with van der Waals surface area (Å²) in [6.07, 6.45) is -3.40. The lowest BCUT2D eigenvalue weighted by atomic mass is 9.89. The summed E-state index contributed by atoms with van der Waals surface area (Å²) in [6.45, 7) is 1.23. The van der Waals surface area contributed by atoms with Crippen LogP contribution in [0.4, 0.5) is 0 Å². The molecule has 0 aromatic heterocycles. The number of hydrogen-bond acceptors (Lipinski definition) is 5. The van der Waals surface area contributed by atoms with Crippen molar-refractivity contribution < 1.29 is 25.2 Å². The SMILES string of the molecule is CC1C(O)OC(O)C(CO)C1O. The van der Waals surface area contributed by atoms with Gasteiger partial charge in [0.15, 0.2) is 12.6 Å². The first-order valence-electron chi connectivity index (χ1n) is 3.88. The van der Waals surface area contributed by atoms with Crippen LogP contribution in [0.2, 0.25) is 0 Å². The van der Waals surface area contributed by atoms with Gasteiger partial charge in [0, 0.05) is 5.92 Å². The minimum absolute atomic E-state index is 0.362. The third-order valence-corrected chi connectivity index (χ3v) is 2.28. The van der Waals surface area contributed by atoms with Crippen molar-refractivity contribution in [2.45, 2.75) is 25.6 Å². The van der Waals surface area contributed by atoms with Gasteiger partial charge in [0.25, 0.3) is 0 Å². The Labute approximate surface area is 70.2 Å². The van der Waals surface area contributed by atoms with Crippen molar-refractivity contribution in [2.75, 3.05) is 6.61 Å². The van der Waals surface area contributed by atoms with Gasteiger partial charge in [-0.2, -0.15) is 0 Å². The summed E-state index contributed by atoms with van der Waals surface area (Å²) < 4.78 is 4.66. The maximum Gasteiger partial charge on any atom is 0.165 e. The van der Waals surface area contributed by atoms with Gasteiger partial charge in [0.2, 0.25) is 0 Å². The van der Waals surface area contributed by atoms with Crippen LogP contribution in [-0.2, 0) is 4.74 Å². The molecule has 5 heteroatoms. The zero-order chi connectivity index (χ0) is 9.30. The standard InChI is InChI=1S/C7H14O5/c1-3-5(9)4(2-8)7(11)12-6(3)10/h3-11H,2H2,1H3. The second-order valence-corrected chi connectivity index (χ2v) is 3.11. The number of aliphatic hydroxyl groups excluding tert-OH is 4. The van der Waals surface area contributed by atoms with E-state index in [0.29, 0.717) is 0 Å². The summed E-state index contributed by atoms with van der Waals surface area (Å²) in [5.74, 6) is -1.23.